The monoisotopic (exact) mass is 416 g/mol. The Hall–Kier alpha value is -0.710. The lowest BCUT2D eigenvalue weighted by atomic mass is 9.46. The minimum absolute atomic E-state index is 0.0379. The molecule has 0 aromatic carbocycles. The maximum atomic E-state index is 11.8. The number of furan rings is 1. The maximum absolute atomic E-state index is 11.8. The van der Waals surface area contributed by atoms with Crippen molar-refractivity contribution in [1.29, 1.82) is 0 Å². The van der Waals surface area contributed by atoms with E-state index >= 15 is 0 Å². The van der Waals surface area contributed by atoms with Gasteiger partial charge >= 0.3 is 0 Å². The molecule has 0 saturated heterocycles. The van der Waals surface area contributed by atoms with Gasteiger partial charge in [0.15, 0.2) is 0 Å². The van der Waals surface area contributed by atoms with Gasteiger partial charge in [-0.15, -0.1) is 0 Å². The SMILES string of the molecule is C[C@]12CC[C@H](SCCO)C=C1CC[C@@H]1[C@@H]2CC[C@@]2(C)[C@H]1CC[C@@]2(O)c1ccoc1. The van der Waals surface area contributed by atoms with E-state index in [4.69, 9.17) is 4.42 Å². The fraction of sp³-hybridized carbons (Fsp3) is 0.760. The van der Waals surface area contributed by atoms with Gasteiger partial charge in [-0.1, -0.05) is 25.5 Å². The Balaban J connectivity index is 1.42. The Labute approximate surface area is 179 Å². The summed E-state index contributed by atoms with van der Waals surface area (Å²) >= 11 is 1.93. The molecule has 3 fully saturated rings. The van der Waals surface area contributed by atoms with Gasteiger partial charge in [0.05, 0.1) is 24.7 Å². The summed E-state index contributed by atoms with van der Waals surface area (Å²) in [6, 6.07) is 1.98. The Morgan fingerprint density at radius 1 is 1.10 bits per heavy atom. The van der Waals surface area contributed by atoms with E-state index in [1.54, 1.807) is 18.1 Å². The van der Waals surface area contributed by atoms with Crippen molar-refractivity contribution in [3.8, 4) is 0 Å². The van der Waals surface area contributed by atoms with Crippen molar-refractivity contribution >= 4 is 11.8 Å². The molecule has 0 unspecified atom stereocenters. The van der Waals surface area contributed by atoms with Crippen molar-refractivity contribution < 1.29 is 14.6 Å². The van der Waals surface area contributed by atoms with Crippen LogP contribution in [0, 0.1) is 28.6 Å². The van der Waals surface area contributed by atoms with Crippen LogP contribution in [-0.4, -0.2) is 27.8 Å². The predicted molar refractivity (Wildman–Crippen MR) is 118 cm³/mol. The van der Waals surface area contributed by atoms with Gasteiger partial charge < -0.3 is 14.6 Å². The van der Waals surface area contributed by atoms with E-state index in [1.807, 2.05) is 17.8 Å². The summed E-state index contributed by atoms with van der Waals surface area (Å²) in [5.41, 5.74) is 2.27. The number of allylic oxidation sites excluding steroid dienone is 1. The van der Waals surface area contributed by atoms with Crippen LogP contribution >= 0.6 is 11.8 Å². The molecule has 2 N–H and O–H groups in total. The van der Waals surface area contributed by atoms with Crippen LogP contribution in [0.4, 0.5) is 0 Å². The zero-order valence-corrected chi connectivity index (χ0v) is 18.7. The summed E-state index contributed by atoms with van der Waals surface area (Å²) in [5, 5.41) is 21.6. The van der Waals surface area contributed by atoms with Crippen LogP contribution in [0.2, 0.25) is 0 Å². The molecule has 5 rings (SSSR count). The molecular weight excluding hydrogens is 380 g/mol. The molecule has 0 spiro atoms. The van der Waals surface area contributed by atoms with Crippen molar-refractivity contribution in [2.45, 2.75) is 76.1 Å². The summed E-state index contributed by atoms with van der Waals surface area (Å²) in [6.45, 7) is 5.19. The molecule has 29 heavy (non-hydrogen) atoms. The maximum Gasteiger partial charge on any atom is 0.0983 e. The van der Waals surface area contributed by atoms with Gasteiger partial charge in [0.1, 0.15) is 0 Å². The molecule has 1 aromatic rings. The second kappa shape index (κ2) is 7.17. The molecule has 4 aliphatic carbocycles. The van der Waals surface area contributed by atoms with Gasteiger partial charge in [-0.25, -0.2) is 0 Å². The van der Waals surface area contributed by atoms with Gasteiger partial charge in [0.2, 0.25) is 0 Å². The number of thioether (sulfide) groups is 1. The van der Waals surface area contributed by atoms with Crippen LogP contribution in [0.5, 0.6) is 0 Å². The molecule has 3 saturated carbocycles. The molecule has 4 heteroatoms. The van der Waals surface area contributed by atoms with Crippen LogP contribution in [0.1, 0.15) is 70.8 Å². The highest BCUT2D eigenvalue weighted by molar-refractivity contribution is 8.00. The number of hydrogen-bond acceptors (Lipinski definition) is 4. The summed E-state index contributed by atoms with van der Waals surface area (Å²) < 4.78 is 5.36. The zero-order chi connectivity index (χ0) is 20.3. The van der Waals surface area contributed by atoms with Gasteiger partial charge in [-0.05, 0) is 80.6 Å². The summed E-state index contributed by atoms with van der Waals surface area (Å²) in [4.78, 5) is 0. The van der Waals surface area contributed by atoms with Gasteiger partial charge in [0, 0.05) is 22.0 Å². The first kappa shape index (κ1) is 20.2. The van der Waals surface area contributed by atoms with Crippen molar-refractivity contribution in [2.75, 3.05) is 12.4 Å². The molecule has 3 nitrogen and oxygen atoms in total. The van der Waals surface area contributed by atoms with E-state index < -0.39 is 5.60 Å². The van der Waals surface area contributed by atoms with Crippen LogP contribution < -0.4 is 0 Å². The average molecular weight is 417 g/mol. The second-order valence-electron chi connectivity index (χ2n) is 10.6. The van der Waals surface area contributed by atoms with Crippen molar-refractivity contribution in [2.24, 2.45) is 28.6 Å². The lowest BCUT2D eigenvalue weighted by Gasteiger charge is -2.59. The third-order valence-electron chi connectivity index (χ3n) is 9.64. The first-order chi connectivity index (χ1) is 13.9. The predicted octanol–water partition coefficient (Wildman–Crippen LogP) is 5.52. The van der Waals surface area contributed by atoms with Crippen molar-refractivity contribution in [1.82, 2.24) is 0 Å². The summed E-state index contributed by atoms with van der Waals surface area (Å²) in [6.07, 6.45) is 15.5. The van der Waals surface area contributed by atoms with Gasteiger partial charge in [-0.2, -0.15) is 11.8 Å². The number of hydrogen-bond donors (Lipinski definition) is 2. The smallest absolute Gasteiger partial charge is 0.0983 e. The van der Waals surface area contributed by atoms with E-state index in [9.17, 15) is 10.2 Å². The van der Waals surface area contributed by atoms with Gasteiger partial charge in [0.25, 0.3) is 0 Å². The third kappa shape index (κ3) is 2.85. The van der Waals surface area contributed by atoms with E-state index in [0.717, 1.165) is 42.4 Å². The Kier molecular flexibility index (Phi) is 5.00. The highest BCUT2D eigenvalue weighted by atomic mass is 32.2. The molecule has 0 bridgehead atoms. The number of aliphatic hydroxyl groups is 2. The van der Waals surface area contributed by atoms with Crippen LogP contribution in [-0.2, 0) is 5.60 Å². The van der Waals surface area contributed by atoms with Crippen molar-refractivity contribution in [3.05, 3.63) is 35.8 Å². The zero-order valence-electron chi connectivity index (χ0n) is 17.9. The molecule has 0 amide bonds. The highest BCUT2D eigenvalue weighted by Crippen LogP contribution is 2.69. The molecule has 0 radical (unpaired) electrons. The molecule has 1 aromatic heterocycles. The van der Waals surface area contributed by atoms with E-state index in [2.05, 4.69) is 19.9 Å². The lowest BCUT2D eigenvalue weighted by molar-refractivity contribution is -0.132. The summed E-state index contributed by atoms with van der Waals surface area (Å²) in [5.74, 6) is 2.96. The molecule has 4 aliphatic rings. The third-order valence-corrected chi connectivity index (χ3v) is 10.9. The minimum atomic E-state index is -0.731. The Morgan fingerprint density at radius 2 is 1.93 bits per heavy atom. The standard InChI is InChI=1S/C25H36O3S/c1-23-9-5-19(29-14-12-26)15-17(23)3-4-20-21(23)6-10-24(2)22(20)7-11-25(24,27)18-8-13-28-16-18/h8,13,15-16,19-22,26-27H,3-7,9-12,14H2,1-2H3/t19-,20+,21-,22-,23-,24-,25+/m0/s1. The number of aliphatic hydroxyl groups excluding tert-OH is 1. The largest absolute Gasteiger partial charge is 0.472 e. The fourth-order valence-electron chi connectivity index (χ4n) is 8.02. The summed E-state index contributed by atoms with van der Waals surface area (Å²) in [7, 11) is 0. The average Bonchev–Trinajstić information content (AvgIpc) is 3.34. The topological polar surface area (TPSA) is 53.6 Å². The first-order valence-electron chi connectivity index (χ1n) is 11.6. The normalized spacial score (nSPS) is 46.6. The minimum Gasteiger partial charge on any atom is -0.472 e. The Bertz CT molecular complexity index is 773. The van der Waals surface area contributed by atoms with E-state index in [1.165, 1.54) is 32.1 Å². The molecule has 7 atom stereocenters. The molecule has 1 heterocycles. The number of rotatable bonds is 4. The molecule has 0 aliphatic heterocycles. The molecular formula is C25H36O3S. The second-order valence-corrected chi connectivity index (χ2v) is 11.9. The Morgan fingerprint density at radius 3 is 2.69 bits per heavy atom. The van der Waals surface area contributed by atoms with Crippen LogP contribution in [0.15, 0.2) is 34.7 Å². The molecule has 160 valence electrons. The van der Waals surface area contributed by atoms with Crippen LogP contribution in [0.3, 0.4) is 0 Å². The number of fused-ring (bicyclic) bond motifs is 5. The van der Waals surface area contributed by atoms with Crippen LogP contribution in [0.25, 0.3) is 0 Å². The van der Waals surface area contributed by atoms with E-state index in [0.29, 0.717) is 16.6 Å². The quantitative estimate of drug-likeness (QED) is 0.634. The van der Waals surface area contributed by atoms with Gasteiger partial charge in [-0.3, -0.25) is 0 Å². The van der Waals surface area contributed by atoms with E-state index in [-0.39, 0.29) is 12.0 Å². The fourth-order valence-corrected chi connectivity index (χ4v) is 8.98. The highest BCUT2D eigenvalue weighted by Gasteiger charge is 2.64. The first-order valence-corrected chi connectivity index (χ1v) is 12.7. The van der Waals surface area contributed by atoms with Crippen molar-refractivity contribution in [3.63, 3.8) is 0 Å². The lowest BCUT2D eigenvalue weighted by Crippen LogP contribution is -2.53.